The largest absolute Gasteiger partial charge is 0.0625 e. The quantitative estimate of drug-likeness (QED) is 0.487. The van der Waals surface area contributed by atoms with Crippen LogP contribution < -0.4 is 0 Å². The average molecular weight is 236 g/mol. The topological polar surface area (TPSA) is 0 Å². The summed E-state index contributed by atoms with van der Waals surface area (Å²) < 4.78 is 0. The van der Waals surface area contributed by atoms with Gasteiger partial charge in [-0.05, 0) is 24.2 Å². The fourth-order valence-corrected chi connectivity index (χ4v) is 4.12. The summed E-state index contributed by atoms with van der Waals surface area (Å²) in [7, 11) is 0. The molecule has 2 saturated carbocycles. The first-order valence-electron chi connectivity index (χ1n) is 8.36. The van der Waals surface area contributed by atoms with Crippen LogP contribution >= 0.6 is 0 Å². The summed E-state index contributed by atoms with van der Waals surface area (Å²) in [6, 6.07) is 0. The van der Waals surface area contributed by atoms with E-state index < -0.39 is 0 Å². The molecule has 0 heteroatoms. The monoisotopic (exact) mass is 236 g/mol. The van der Waals surface area contributed by atoms with Gasteiger partial charge < -0.3 is 0 Å². The van der Waals surface area contributed by atoms with Crippen LogP contribution in [0.1, 0.15) is 90.4 Å². The second-order valence-corrected chi connectivity index (χ2v) is 6.83. The van der Waals surface area contributed by atoms with Gasteiger partial charge in [-0.3, -0.25) is 0 Å². The minimum absolute atomic E-state index is 1.00. The van der Waals surface area contributed by atoms with Crippen molar-refractivity contribution in [2.45, 2.75) is 90.4 Å². The molecule has 0 aromatic rings. The van der Waals surface area contributed by atoms with Crippen LogP contribution in [0, 0.1) is 17.8 Å². The van der Waals surface area contributed by atoms with E-state index in [1.807, 2.05) is 0 Å². The first kappa shape index (κ1) is 13.4. The van der Waals surface area contributed by atoms with Crippen LogP contribution in [0.25, 0.3) is 0 Å². The van der Waals surface area contributed by atoms with E-state index >= 15 is 0 Å². The van der Waals surface area contributed by atoms with Crippen molar-refractivity contribution in [1.29, 1.82) is 0 Å². The van der Waals surface area contributed by atoms with Gasteiger partial charge in [-0.15, -0.1) is 0 Å². The zero-order valence-corrected chi connectivity index (χ0v) is 11.9. The molecule has 0 N–H and O–H groups in total. The molecule has 0 aromatic heterocycles. The Morgan fingerprint density at radius 2 is 0.941 bits per heavy atom. The van der Waals surface area contributed by atoms with Crippen LogP contribution in [0.5, 0.6) is 0 Å². The third-order valence-electron chi connectivity index (χ3n) is 5.37. The summed E-state index contributed by atoms with van der Waals surface area (Å²) in [6.07, 6.45) is 19.8. The molecule has 2 fully saturated rings. The maximum absolute atomic E-state index is 2.48. The lowest BCUT2D eigenvalue weighted by molar-refractivity contribution is 0.249. The highest BCUT2D eigenvalue weighted by Gasteiger charge is 2.23. The molecule has 0 saturated heterocycles. The predicted molar refractivity (Wildman–Crippen MR) is 76.2 cm³/mol. The SMILES string of the molecule is CC1CCCCC2CCCCCCCC2CC1. The lowest BCUT2D eigenvalue weighted by Gasteiger charge is -2.26. The highest BCUT2D eigenvalue weighted by atomic mass is 14.3. The lowest BCUT2D eigenvalue weighted by Crippen LogP contribution is -2.15. The van der Waals surface area contributed by atoms with Crippen molar-refractivity contribution in [3.63, 3.8) is 0 Å². The van der Waals surface area contributed by atoms with Crippen molar-refractivity contribution in [3.05, 3.63) is 0 Å². The van der Waals surface area contributed by atoms with Crippen LogP contribution in [-0.4, -0.2) is 0 Å². The summed E-state index contributed by atoms with van der Waals surface area (Å²) in [5.41, 5.74) is 0. The number of hydrogen-bond acceptors (Lipinski definition) is 0. The zero-order valence-electron chi connectivity index (χ0n) is 11.9. The van der Waals surface area contributed by atoms with E-state index in [2.05, 4.69) is 6.92 Å². The predicted octanol–water partition coefficient (Wildman–Crippen LogP) is 5.95. The maximum atomic E-state index is 2.48. The highest BCUT2D eigenvalue weighted by Crippen LogP contribution is 2.36. The molecular formula is C17H32. The maximum Gasteiger partial charge on any atom is -0.0386 e. The van der Waals surface area contributed by atoms with Gasteiger partial charge in [0.15, 0.2) is 0 Å². The Kier molecular flexibility index (Phi) is 5.88. The molecule has 2 aliphatic rings. The van der Waals surface area contributed by atoms with Gasteiger partial charge in [0.05, 0.1) is 0 Å². The van der Waals surface area contributed by atoms with E-state index in [1.165, 1.54) is 57.8 Å². The standard InChI is InChI=1S/C17H32/c1-15-9-7-8-12-16-10-5-3-2-4-6-11-17(16)14-13-15/h15-17H,2-14H2,1H3. The highest BCUT2D eigenvalue weighted by molar-refractivity contribution is 4.75. The molecule has 0 spiro atoms. The fraction of sp³-hybridized carbons (Fsp3) is 1.00. The first-order valence-corrected chi connectivity index (χ1v) is 8.36. The zero-order chi connectivity index (χ0) is 11.9. The summed E-state index contributed by atoms with van der Waals surface area (Å²) in [4.78, 5) is 0. The van der Waals surface area contributed by atoms with Gasteiger partial charge in [0.25, 0.3) is 0 Å². The third kappa shape index (κ3) is 4.64. The summed E-state index contributed by atoms with van der Waals surface area (Å²) in [5.74, 6) is 3.19. The van der Waals surface area contributed by atoms with Crippen molar-refractivity contribution in [1.82, 2.24) is 0 Å². The molecule has 2 rings (SSSR count). The summed E-state index contributed by atoms with van der Waals surface area (Å²) in [5, 5.41) is 0. The van der Waals surface area contributed by atoms with Crippen molar-refractivity contribution in [2.75, 3.05) is 0 Å². The summed E-state index contributed by atoms with van der Waals surface area (Å²) >= 11 is 0. The third-order valence-corrected chi connectivity index (χ3v) is 5.37. The Labute approximate surface area is 109 Å². The smallest absolute Gasteiger partial charge is 0.0386 e. The molecule has 3 unspecified atom stereocenters. The van der Waals surface area contributed by atoms with E-state index in [4.69, 9.17) is 0 Å². The second-order valence-electron chi connectivity index (χ2n) is 6.83. The van der Waals surface area contributed by atoms with Gasteiger partial charge in [0.2, 0.25) is 0 Å². The molecule has 0 heterocycles. The van der Waals surface area contributed by atoms with Crippen LogP contribution in [0.4, 0.5) is 0 Å². The van der Waals surface area contributed by atoms with Crippen LogP contribution in [0.15, 0.2) is 0 Å². The minimum atomic E-state index is 1.00. The number of rotatable bonds is 0. The minimum Gasteiger partial charge on any atom is -0.0625 e. The van der Waals surface area contributed by atoms with Crippen molar-refractivity contribution >= 4 is 0 Å². The number of fused-ring (bicyclic) bond motifs is 1. The van der Waals surface area contributed by atoms with E-state index in [9.17, 15) is 0 Å². The van der Waals surface area contributed by atoms with Crippen LogP contribution in [0.3, 0.4) is 0 Å². The lowest BCUT2D eigenvalue weighted by atomic mass is 9.79. The van der Waals surface area contributed by atoms with Gasteiger partial charge in [-0.2, -0.15) is 0 Å². The van der Waals surface area contributed by atoms with Crippen molar-refractivity contribution < 1.29 is 0 Å². The Morgan fingerprint density at radius 3 is 1.65 bits per heavy atom. The van der Waals surface area contributed by atoms with E-state index in [0.717, 1.165) is 17.8 Å². The molecule has 100 valence electrons. The molecule has 3 atom stereocenters. The Hall–Kier alpha value is 0. The van der Waals surface area contributed by atoms with Gasteiger partial charge in [0.1, 0.15) is 0 Å². The molecule has 0 bridgehead atoms. The van der Waals surface area contributed by atoms with Crippen LogP contribution in [-0.2, 0) is 0 Å². The number of hydrogen-bond donors (Lipinski definition) is 0. The van der Waals surface area contributed by atoms with Gasteiger partial charge in [0, 0.05) is 0 Å². The van der Waals surface area contributed by atoms with Crippen molar-refractivity contribution in [3.8, 4) is 0 Å². The molecule has 0 aliphatic heterocycles. The molecule has 0 aromatic carbocycles. The van der Waals surface area contributed by atoms with Crippen molar-refractivity contribution in [2.24, 2.45) is 17.8 Å². The molecule has 0 nitrogen and oxygen atoms in total. The molecule has 0 radical (unpaired) electrons. The molecule has 17 heavy (non-hydrogen) atoms. The summed E-state index contributed by atoms with van der Waals surface area (Å²) in [6.45, 7) is 2.48. The van der Waals surface area contributed by atoms with Gasteiger partial charge >= 0.3 is 0 Å². The van der Waals surface area contributed by atoms with E-state index in [-0.39, 0.29) is 0 Å². The second kappa shape index (κ2) is 7.44. The molecule has 0 amide bonds. The Balaban J connectivity index is 1.93. The fourth-order valence-electron chi connectivity index (χ4n) is 4.12. The Bertz CT molecular complexity index is 196. The Morgan fingerprint density at radius 1 is 0.471 bits per heavy atom. The van der Waals surface area contributed by atoms with Gasteiger partial charge in [-0.25, -0.2) is 0 Å². The molecule has 2 aliphatic carbocycles. The van der Waals surface area contributed by atoms with Gasteiger partial charge in [-0.1, -0.05) is 84.0 Å². The average Bonchev–Trinajstić information content (AvgIpc) is 2.48. The van der Waals surface area contributed by atoms with E-state index in [1.54, 1.807) is 25.7 Å². The first-order chi connectivity index (χ1) is 8.36. The van der Waals surface area contributed by atoms with E-state index in [0.29, 0.717) is 0 Å². The molecular weight excluding hydrogens is 204 g/mol. The normalized spacial score (nSPS) is 37.6. The van der Waals surface area contributed by atoms with Crippen LogP contribution in [0.2, 0.25) is 0 Å².